The van der Waals surface area contributed by atoms with Crippen LogP contribution in [0.25, 0.3) is 10.9 Å². The first-order valence-corrected chi connectivity index (χ1v) is 8.50. The number of anilines is 1. The van der Waals surface area contributed by atoms with Crippen molar-refractivity contribution in [2.75, 3.05) is 5.73 Å². The Morgan fingerprint density at radius 1 is 1.28 bits per heavy atom. The number of para-hydroxylation sites is 1. The van der Waals surface area contributed by atoms with E-state index in [1.165, 1.54) is 0 Å². The van der Waals surface area contributed by atoms with Gasteiger partial charge in [0, 0.05) is 17.4 Å². The van der Waals surface area contributed by atoms with Crippen molar-refractivity contribution in [2.45, 2.75) is 33.2 Å². The molecule has 7 heteroatoms. The molecule has 2 heterocycles. The van der Waals surface area contributed by atoms with Gasteiger partial charge in [0.1, 0.15) is 5.15 Å². The van der Waals surface area contributed by atoms with Crippen molar-refractivity contribution < 1.29 is 4.79 Å². The van der Waals surface area contributed by atoms with Crippen molar-refractivity contribution in [3.8, 4) is 0 Å². The van der Waals surface area contributed by atoms with Crippen molar-refractivity contribution in [1.82, 2.24) is 19.7 Å². The van der Waals surface area contributed by atoms with E-state index in [9.17, 15) is 4.79 Å². The molecule has 0 fully saturated rings. The molecule has 3 aromatic rings. The zero-order valence-electron chi connectivity index (χ0n) is 14.1. The van der Waals surface area contributed by atoms with Crippen LogP contribution in [0.1, 0.15) is 41.9 Å². The molecular formula is C18H18ClN5O. The number of nitrogens with two attached hydrogens (primary N) is 1. The molecule has 0 unspecified atom stereocenters. The fraction of sp³-hybridized carbons (Fsp3) is 0.333. The topological polar surface area (TPSA) is 86.7 Å². The van der Waals surface area contributed by atoms with E-state index in [0.717, 1.165) is 28.6 Å². The van der Waals surface area contributed by atoms with E-state index in [0.29, 0.717) is 23.6 Å². The summed E-state index contributed by atoms with van der Waals surface area (Å²) in [5.74, 6) is 0.300. The van der Waals surface area contributed by atoms with Crippen molar-refractivity contribution in [3.05, 3.63) is 46.4 Å². The van der Waals surface area contributed by atoms with Crippen LogP contribution in [0.5, 0.6) is 0 Å². The zero-order chi connectivity index (χ0) is 17.8. The van der Waals surface area contributed by atoms with Crippen LogP contribution in [0.4, 0.5) is 5.95 Å². The number of nitrogens with zero attached hydrogens (tertiary/aromatic N) is 4. The molecule has 0 saturated carbocycles. The molecule has 2 aromatic heterocycles. The highest BCUT2D eigenvalue weighted by Crippen LogP contribution is 2.35. The lowest BCUT2D eigenvalue weighted by molar-refractivity contribution is 0.0910. The second-order valence-corrected chi connectivity index (χ2v) is 7.65. The van der Waals surface area contributed by atoms with Gasteiger partial charge in [0.25, 0.3) is 0 Å². The number of halogens is 1. The van der Waals surface area contributed by atoms with Crippen LogP contribution in [-0.4, -0.2) is 25.5 Å². The number of fused-ring (bicyclic) bond motifs is 2. The van der Waals surface area contributed by atoms with Gasteiger partial charge in [0.2, 0.25) is 5.95 Å². The normalized spacial score (nSPS) is 16.2. The molecule has 6 nitrogen and oxygen atoms in total. The van der Waals surface area contributed by atoms with Crippen LogP contribution in [0.3, 0.4) is 0 Å². The van der Waals surface area contributed by atoms with E-state index in [1.54, 1.807) is 6.20 Å². The lowest BCUT2D eigenvalue weighted by Crippen LogP contribution is -2.28. The maximum atomic E-state index is 12.4. The van der Waals surface area contributed by atoms with Gasteiger partial charge in [0.15, 0.2) is 5.78 Å². The number of aromatic nitrogens is 4. The molecule has 0 amide bonds. The average molecular weight is 356 g/mol. The molecule has 2 N–H and O–H groups in total. The van der Waals surface area contributed by atoms with Crippen LogP contribution >= 0.6 is 11.6 Å². The van der Waals surface area contributed by atoms with Crippen molar-refractivity contribution >= 4 is 34.2 Å². The van der Waals surface area contributed by atoms with Gasteiger partial charge in [-0.15, -0.1) is 0 Å². The number of nitrogen functional groups attached to an aromatic ring is 1. The Labute approximate surface area is 150 Å². The molecule has 25 heavy (non-hydrogen) atoms. The van der Waals surface area contributed by atoms with Crippen LogP contribution in [0.2, 0.25) is 5.15 Å². The van der Waals surface area contributed by atoms with E-state index in [2.05, 4.69) is 28.9 Å². The molecule has 0 atom stereocenters. The van der Waals surface area contributed by atoms with Crippen molar-refractivity contribution in [3.63, 3.8) is 0 Å². The van der Waals surface area contributed by atoms with Gasteiger partial charge in [-0.3, -0.25) is 9.48 Å². The maximum Gasteiger partial charge on any atom is 0.222 e. The van der Waals surface area contributed by atoms with E-state index in [-0.39, 0.29) is 17.1 Å². The standard InChI is InChI=1S/C18H18ClN5O/c1-18(2)6-13-12(14(25)7-18)8-21-24(13)9-10-4-3-5-11-15(10)22-17(20)23-16(11)19/h3-5,8H,6-7,9H2,1-2H3,(H2,20,22,23). The number of hydrogen-bond donors (Lipinski definition) is 1. The number of hydrogen-bond acceptors (Lipinski definition) is 5. The van der Waals surface area contributed by atoms with Gasteiger partial charge in [0.05, 0.1) is 29.5 Å². The SMILES string of the molecule is CC1(C)CC(=O)c2cnn(Cc3cccc4c(Cl)nc(N)nc34)c2C1. The lowest BCUT2D eigenvalue weighted by Gasteiger charge is -2.29. The number of benzene rings is 1. The molecule has 1 aliphatic rings. The summed E-state index contributed by atoms with van der Waals surface area (Å²) in [6.45, 7) is 4.72. The van der Waals surface area contributed by atoms with E-state index < -0.39 is 0 Å². The first-order valence-electron chi connectivity index (χ1n) is 8.12. The van der Waals surface area contributed by atoms with Gasteiger partial charge >= 0.3 is 0 Å². The quantitative estimate of drug-likeness (QED) is 0.713. The van der Waals surface area contributed by atoms with Gasteiger partial charge in [-0.25, -0.2) is 9.97 Å². The maximum absolute atomic E-state index is 12.4. The number of rotatable bonds is 2. The first-order chi connectivity index (χ1) is 11.8. The smallest absolute Gasteiger partial charge is 0.222 e. The summed E-state index contributed by atoms with van der Waals surface area (Å²) in [4.78, 5) is 20.7. The molecule has 0 spiro atoms. The molecule has 0 saturated heterocycles. The minimum absolute atomic E-state index is 0.0590. The second-order valence-electron chi connectivity index (χ2n) is 7.29. The summed E-state index contributed by atoms with van der Waals surface area (Å²) in [6.07, 6.45) is 3.05. The fourth-order valence-electron chi connectivity index (χ4n) is 3.49. The first kappa shape index (κ1) is 16.0. The van der Waals surface area contributed by atoms with Gasteiger partial charge in [-0.2, -0.15) is 5.10 Å². The highest BCUT2D eigenvalue weighted by atomic mass is 35.5. The Bertz CT molecular complexity index is 1010. The monoisotopic (exact) mass is 355 g/mol. The van der Waals surface area contributed by atoms with Gasteiger partial charge in [-0.05, 0) is 17.9 Å². The van der Waals surface area contributed by atoms with E-state index >= 15 is 0 Å². The van der Waals surface area contributed by atoms with Crippen molar-refractivity contribution in [2.24, 2.45) is 5.41 Å². The summed E-state index contributed by atoms with van der Waals surface area (Å²) in [5.41, 5.74) is 9.06. The van der Waals surface area contributed by atoms with Crippen LogP contribution in [-0.2, 0) is 13.0 Å². The third-order valence-electron chi connectivity index (χ3n) is 4.64. The Balaban J connectivity index is 1.80. The van der Waals surface area contributed by atoms with Crippen molar-refractivity contribution in [1.29, 1.82) is 0 Å². The highest BCUT2D eigenvalue weighted by molar-refractivity contribution is 6.34. The second kappa shape index (κ2) is 5.52. The Kier molecular flexibility index (Phi) is 3.54. The molecule has 128 valence electrons. The Morgan fingerprint density at radius 3 is 2.88 bits per heavy atom. The predicted octanol–water partition coefficient (Wildman–Crippen LogP) is 3.27. The summed E-state index contributed by atoms with van der Waals surface area (Å²) >= 11 is 6.19. The summed E-state index contributed by atoms with van der Waals surface area (Å²) in [5, 5.41) is 5.54. The third-order valence-corrected chi connectivity index (χ3v) is 4.92. The summed E-state index contributed by atoms with van der Waals surface area (Å²) in [6, 6.07) is 5.74. The number of ketones is 1. The van der Waals surface area contributed by atoms with E-state index in [1.807, 2.05) is 22.9 Å². The summed E-state index contributed by atoms with van der Waals surface area (Å²) in [7, 11) is 0. The largest absolute Gasteiger partial charge is 0.368 e. The molecule has 1 aliphatic carbocycles. The molecule has 0 radical (unpaired) electrons. The molecule has 0 bridgehead atoms. The minimum atomic E-state index is -0.0590. The highest BCUT2D eigenvalue weighted by Gasteiger charge is 2.33. The van der Waals surface area contributed by atoms with E-state index in [4.69, 9.17) is 17.3 Å². The molecule has 4 rings (SSSR count). The molecular weight excluding hydrogens is 338 g/mol. The fourth-order valence-corrected chi connectivity index (χ4v) is 3.73. The lowest BCUT2D eigenvalue weighted by atomic mass is 9.76. The number of Topliss-reactive ketones (excluding diaryl/α,β-unsaturated/α-hetero) is 1. The molecule has 0 aliphatic heterocycles. The minimum Gasteiger partial charge on any atom is -0.368 e. The van der Waals surface area contributed by atoms with Crippen LogP contribution < -0.4 is 5.73 Å². The number of carbonyl (C=O) groups is 1. The summed E-state index contributed by atoms with van der Waals surface area (Å²) < 4.78 is 1.88. The molecule has 1 aromatic carbocycles. The Hall–Kier alpha value is -2.47. The average Bonchev–Trinajstić information content (AvgIpc) is 2.90. The number of carbonyl (C=O) groups excluding carboxylic acids is 1. The predicted molar refractivity (Wildman–Crippen MR) is 96.7 cm³/mol. The van der Waals surface area contributed by atoms with Crippen LogP contribution in [0, 0.1) is 5.41 Å². The Morgan fingerprint density at radius 2 is 2.08 bits per heavy atom. The third kappa shape index (κ3) is 2.76. The van der Waals surface area contributed by atoms with Gasteiger partial charge < -0.3 is 5.73 Å². The van der Waals surface area contributed by atoms with Crippen LogP contribution in [0.15, 0.2) is 24.4 Å². The van der Waals surface area contributed by atoms with Gasteiger partial charge in [-0.1, -0.05) is 37.6 Å². The zero-order valence-corrected chi connectivity index (χ0v) is 14.8.